The van der Waals surface area contributed by atoms with E-state index in [2.05, 4.69) is 10.6 Å². The number of nitrogens with one attached hydrogen (secondary N) is 2. The SMILES string of the molecule is CCC(C)(NC(=O)Nc1cc(F)ccc1Cl)C(=O)O. The highest BCUT2D eigenvalue weighted by atomic mass is 35.5. The minimum absolute atomic E-state index is 0.0722. The minimum atomic E-state index is -1.40. The van der Waals surface area contributed by atoms with Crippen molar-refractivity contribution in [1.29, 1.82) is 0 Å². The van der Waals surface area contributed by atoms with E-state index in [-0.39, 0.29) is 17.1 Å². The Hall–Kier alpha value is -1.82. The van der Waals surface area contributed by atoms with Gasteiger partial charge in [-0.3, -0.25) is 0 Å². The second kappa shape index (κ2) is 5.88. The predicted octanol–water partition coefficient (Wildman–Crippen LogP) is 2.85. The number of urea groups is 1. The maximum absolute atomic E-state index is 13.0. The van der Waals surface area contributed by atoms with Crippen LogP contribution >= 0.6 is 11.6 Å². The molecule has 1 rings (SSSR count). The molecule has 1 aromatic rings. The van der Waals surface area contributed by atoms with E-state index < -0.39 is 23.4 Å². The van der Waals surface area contributed by atoms with Crippen molar-refractivity contribution in [2.75, 3.05) is 5.32 Å². The molecular weight excluding hydrogens is 275 g/mol. The molecule has 104 valence electrons. The van der Waals surface area contributed by atoms with Crippen LogP contribution in [0.3, 0.4) is 0 Å². The molecular formula is C12H14ClFN2O3. The number of benzene rings is 1. The molecule has 3 N–H and O–H groups in total. The van der Waals surface area contributed by atoms with Gasteiger partial charge in [0.1, 0.15) is 11.4 Å². The molecule has 0 spiro atoms. The van der Waals surface area contributed by atoms with Crippen molar-refractivity contribution in [2.45, 2.75) is 25.8 Å². The molecule has 0 radical (unpaired) electrons. The third-order valence-corrected chi connectivity index (χ3v) is 3.07. The Balaban J connectivity index is 2.80. The Kier molecular flexibility index (Phi) is 4.72. The Labute approximate surface area is 114 Å². The van der Waals surface area contributed by atoms with E-state index in [9.17, 15) is 14.0 Å². The molecule has 0 aliphatic carbocycles. The molecule has 0 heterocycles. The summed E-state index contributed by atoms with van der Waals surface area (Å²) in [4.78, 5) is 22.7. The van der Waals surface area contributed by atoms with Crippen LogP contribution in [0, 0.1) is 5.82 Å². The number of carbonyl (C=O) groups is 2. The molecule has 2 amide bonds. The number of rotatable bonds is 4. The second-order valence-electron chi connectivity index (χ2n) is 4.19. The Morgan fingerprint density at radius 2 is 2.11 bits per heavy atom. The first-order chi connectivity index (χ1) is 8.78. The molecule has 5 nitrogen and oxygen atoms in total. The van der Waals surface area contributed by atoms with Crippen LogP contribution in [0.5, 0.6) is 0 Å². The first-order valence-corrected chi connectivity index (χ1v) is 5.94. The number of hydrogen-bond acceptors (Lipinski definition) is 2. The lowest BCUT2D eigenvalue weighted by Crippen LogP contribution is -2.53. The normalized spacial score (nSPS) is 13.5. The number of halogens is 2. The smallest absolute Gasteiger partial charge is 0.329 e. The number of anilines is 1. The summed E-state index contributed by atoms with van der Waals surface area (Å²) in [7, 11) is 0. The third kappa shape index (κ3) is 3.82. The van der Waals surface area contributed by atoms with E-state index in [1.165, 1.54) is 13.0 Å². The highest BCUT2D eigenvalue weighted by molar-refractivity contribution is 6.33. The molecule has 0 saturated carbocycles. The van der Waals surface area contributed by atoms with E-state index in [4.69, 9.17) is 16.7 Å². The Morgan fingerprint density at radius 3 is 2.63 bits per heavy atom. The first-order valence-electron chi connectivity index (χ1n) is 5.56. The second-order valence-corrected chi connectivity index (χ2v) is 4.60. The van der Waals surface area contributed by atoms with Gasteiger partial charge in [-0.15, -0.1) is 0 Å². The molecule has 1 unspecified atom stereocenters. The van der Waals surface area contributed by atoms with E-state index in [0.29, 0.717) is 0 Å². The van der Waals surface area contributed by atoms with Gasteiger partial charge in [-0.2, -0.15) is 0 Å². The van der Waals surface area contributed by atoms with Crippen LogP contribution < -0.4 is 10.6 Å². The van der Waals surface area contributed by atoms with Crippen LogP contribution in [0.15, 0.2) is 18.2 Å². The van der Waals surface area contributed by atoms with Crippen LogP contribution in [0.1, 0.15) is 20.3 Å². The van der Waals surface area contributed by atoms with Crippen molar-refractivity contribution in [1.82, 2.24) is 5.32 Å². The molecule has 0 saturated heterocycles. The summed E-state index contributed by atoms with van der Waals surface area (Å²) in [6.45, 7) is 3.01. The Morgan fingerprint density at radius 1 is 1.47 bits per heavy atom. The molecule has 0 aromatic heterocycles. The van der Waals surface area contributed by atoms with Crippen molar-refractivity contribution >= 4 is 29.3 Å². The quantitative estimate of drug-likeness (QED) is 0.797. The van der Waals surface area contributed by atoms with Gasteiger partial charge in [-0.1, -0.05) is 18.5 Å². The number of carbonyl (C=O) groups excluding carboxylic acids is 1. The summed E-state index contributed by atoms with van der Waals surface area (Å²) in [6, 6.07) is 2.73. The molecule has 1 atom stereocenters. The summed E-state index contributed by atoms with van der Waals surface area (Å²) < 4.78 is 13.0. The Bertz CT molecular complexity index is 510. The summed E-state index contributed by atoms with van der Waals surface area (Å²) >= 11 is 5.78. The van der Waals surface area contributed by atoms with Gasteiger partial charge < -0.3 is 15.7 Å². The van der Waals surface area contributed by atoms with Gasteiger partial charge in [0, 0.05) is 0 Å². The largest absolute Gasteiger partial charge is 0.480 e. The van der Waals surface area contributed by atoms with Crippen molar-refractivity contribution in [3.63, 3.8) is 0 Å². The van der Waals surface area contributed by atoms with Gasteiger partial charge in [-0.25, -0.2) is 14.0 Å². The molecule has 0 aliphatic heterocycles. The minimum Gasteiger partial charge on any atom is -0.480 e. The number of carboxylic acids is 1. The number of aliphatic carboxylic acids is 1. The lowest BCUT2D eigenvalue weighted by molar-refractivity contribution is -0.143. The fourth-order valence-corrected chi connectivity index (χ4v) is 1.46. The van der Waals surface area contributed by atoms with Gasteiger partial charge in [0.05, 0.1) is 10.7 Å². The maximum Gasteiger partial charge on any atom is 0.329 e. The van der Waals surface area contributed by atoms with Gasteiger partial charge in [0.25, 0.3) is 0 Å². The molecule has 0 fully saturated rings. The maximum atomic E-state index is 13.0. The van der Waals surface area contributed by atoms with Crippen LogP contribution in [-0.2, 0) is 4.79 Å². The summed E-state index contributed by atoms with van der Waals surface area (Å²) in [5.41, 5.74) is -1.33. The zero-order valence-electron chi connectivity index (χ0n) is 10.5. The van der Waals surface area contributed by atoms with Crippen molar-refractivity contribution in [3.05, 3.63) is 29.0 Å². The number of carboxylic acid groups (broad SMARTS) is 1. The highest BCUT2D eigenvalue weighted by Gasteiger charge is 2.32. The molecule has 19 heavy (non-hydrogen) atoms. The third-order valence-electron chi connectivity index (χ3n) is 2.75. The van der Waals surface area contributed by atoms with Crippen molar-refractivity contribution < 1.29 is 19.1 Å². The van der Waals surface area contributed by atoms with E-state index in [1.807, 2.05) is 0 Å². The zero-order valence-corrected chi connectivity index (χ0v) is 11.2. The summed E-state index contributed by atoms with van der Waals surface area (Å²) in [6.07, 6.45) is 0.201. The fraction of sp³-hybridized carbons (Fsp3) is 0.333. The average Bonchev–Trinajstić information content (AvgIpc) is 2.33. The monoisotopic (exact) mass is 288 g/mol. The lowest BCUT2D eigenvalue weighted by Gasteiger charge is -2.24. The molecule has 7 heteroatoms. The van der Waals surface area contributed by atoms with Gasteiger partial charge in [0.15, 0.2) is 0 Å². The van der Waals surface area contributed by atoms with Crippen LogP contribution in [-0.4, -0.2) is 22.6 Å². The van der Waals surface area contributed by atoms with Gasteiger partial charge in [-0.05, 0) is 31.5 Å². The van der Waals surface area contributed by atoms with E-state index in [1.54, 1.807) is 6.92 Å². The van der Waals surface area contributed by atoms with Crippen molar-refractivity contribution in [2.24, 2.45) is 0 Å². The van der Waals surface area contributed by atoms with Gasteiger partial charge >= 0.3 is 12.0 Å². The molecule has 0 aliphatic rings. The first kappa shape index (κ1) is 15.2. The summed E-state index contributed by atoms with van der Waals surface area (Å²) in [5.74, 6) is -1.72. The predicted molar refractivity (Wildman–Crippen MR) is 69.9 cm³/mol. The van der Waals surface area contributed by atoms with Crippen LogP contribution in [0.4, 0.5) is 14.9 Å². The lowest BCUT2D eigenvalue weighted by atomic mass is 10.00. The molecule has 1 aromatic carbocycles. The van der Waals surface area contributed by atoms with E-state index >= 15 is 0 Å². The van der Waals surface area contributed by atoms with Crippen LogP contribution in [0.25, 0.3) is 0 Å². The highest BCUT2D eigenvalue weighted by Crippen LogP contribution is 2.22. The molecule has 0 bridgehead atoms. The zero-order chi connectivity index (χ0) is 14.6. The van der Waals surface area contributed by atoms with Crippen molar-refractivity contribution in [3.8, 4) is 0 Å². The van der Waals surface area contributed by atoms with Gasteiger partial charge in [0.2, 0.25) is 0 Å². The summed E-state index contributed by atoms with van der Waals surface area (Å²) in [5, 5.41) is 13.8. The number of amides is 2. The topological polar surface area (TPSA) is 78.4 Å². The van der Waals surface area contributed by atoms with Crippen LogP contribution in [0.2, 0.25) is 5.02 Å². The van der Waals surface area contributed by atoms with E-state index in [0.717, 1.165) is 12.1 Å². The number of hydrogen-bond donors (Lipinski definition) is 3. The average molecular weight is 289 g/mol. The fourth-order valence-electron chi connectivity index (χ4n) is 1.29. The standard InChI is InChI=1S/C12H14ClFN2O3/c1-3-12(2,10(17)18)16-11(19)15-9-6-7(14)4-5-8(9)13/h4-6H,3H2,1-2H3,(H,17,18)(H2,15,16,19).